The first-order valence-electron chi connectivity index (χ1n) is 13.7. The Morgan fingerprint density at radius 1 is 1.05 bits per heavy atom. The molecule has 2 aromatic carbocycles. The van der Waals surface area contributed by atoms with Gasteiger partial charge in [0.2, 0.25) is 0 Å². The third-order valence-corrected chi connectivity index (χ3v) is 7.24. The molecule has 0 saturated carbocycles. The van der Waals surface area contributed by atoms with E-state index in [2.05, 4.69) is 71.7 Å². The number of fused-ring (bicyclic) bond motifs is 1. The van der Waals surface area contributed by atoms with Crippen LogP contribution in [0.2, 0.25) is 0 Å². The predicted octanol–water partition coefficient (Wildman–Crippen LogP) is 7.08. The first kappa shape index (κ1) is 28.1. The van der Waals surface area contributed by atoms with Gasteiger partial charge < -0.3 is 20.1 Å². The van der Waals surface area contributed by atoms with Crippen LogP contribution >= 0.6 is 0 Å². The summed E-state index contributed by atoms with van der Waals surface area (Å²) in [7, 11) is 4.19. The highest BCUT2D eigenvalue weighted by atomic mass is 19.2. The molecule has 41 heavy (non-hydrogen) atoms. The maximum atomic E-state index is 13.7. The molecule has 0 atom stereocenters. The molecule has 3 heterocycles. The number of hydrogen-bond acceptors (Lipinski definition) is 4. The van der Waals surface area contributed by atoms with Gasteiger partial charge in [-0.25, -0.2) is 13.8 Å². The Labute approximate surface area is 240 Å². The molecule has 1 aliphatic heterocycles. The van der Waals surface area contributed by atoms with E-state index >= 15 is 0 Å². The van der Waals surface area contributed by atoms with Gasteiger partial charge in [0.1, 0.15) is 5.65 Å². The number of aromatic amines is 1. The normalized spacial score (nSPS) is 13.2. The zero-order chi connectivity index (χ0) is 28.9. The number of aryl methyl sites for hydroxylation is 1. The zero-order valence-corrected chi connectivity index (χ0v) is 23.6. The Morgan fingerprint density at radius 2 is 1.88 bits per heavy atom. The summed E-state index contributed by atoms with van der Waals surface area (Å²) in [4.78, 5) is 11.9. The largest absolute Gasteiger partial charge is 0.381 e. The van der Waals surface area contributed by atoms with Gasteiger partial charge in [0, 0.05) is 59.6 Å². The fourth-order valence-corrected chi connectivity index (χ4v) is 5.10. The fourth-order valence-electron chi connectivity index (χ4n) is 5.10. The lowest BCUT2D eigenvalue weighted by molar-refractivity contribution is 0.400. The summed E-state index contributed by atoms with van der Waals surface area (Å²) < 4.78 is 27.1. The van der Waals surface area contributed by atoms with Crippen LogP contribution in [-0.4, -0.2) is 40.4 Å². The lowest BCUT2D eigenvalue weighted by Crippen LogP contribution is -2.23. The zero-order valence-electron chi connectivity index (χ0n) is 23.6. The minimum absolute atomic E-state index is 0.370. The SMILES string of the molecule is C=C(NCc1cc(CCCN(C)C)cc(-c2c[nH]c3ncccc23)c1)C1=CC=CN(Cc2ccc(F)c(F)c2)C1=C. The van der Waals surface area contributed by atoms with Crippen LogP contribution in [0.1, 0.15) is 23.1 Å². The third kappa shape index (κ3) is 6.64. The van der Waals surface area contributed by atoms with Gasteiger partial charge in [-0.15, -0.1) is 0 Å². The number of nitrogens with one attached hydrogen (secondary N) is 2. The van der Waals surface area contributed by atoms with E-state index in [1.165, 1.54) is 11.6 Å². The Balaban J connectivity index is 1.32. The van der Waals surface area contributed by atoms with E-state index in [0.29, 0.717) is 18.7 Å². The smallest absolute Gasteiger partial charge is 0.159 e. The van der Waals surface area contributed by atoms with Crippen LogP contribution in [0.3, 0.4) is 0 Å². The Hall–Kier alpha value is -4.49. The van der Waals surface area contributed by atoms with Crippen LogP contribution < -0.4 is 5.32 Å². The van der Waals surface area contributed by atoms with Crippen molar-refractivity contribution in [2.45, 2.75) is 25.9 Å². The van der Waals surface area contributed by atoms with Gasteiger partial charge in [0.05, 0.1) is 0 Å². The number of rotatable bonds is 11. The Kier molecular flexibility index (Phi) is 8.45. The quantitative estimate of drug-likeness (QED) is 0.209. The average molecular weight is 552 g/mol. The summed E-state index contributed by atoms with van der Waals surface area (Å²) in [5, 5.41) is 4.58. The molecule has 0 saturated heterocycles. The van der Waals surface area contributed by atoms with E-state index in [9.17, 15) is 8.78 Å². The molecule has 4 aromatic rings. The molecular weight excluding hydrogens is 516 g/mol. The summed E-state index contributed by atoms with van der Waals surface area (Å²) in [6.07, 6.45) is 11.6. The first-order chi connectivity index (χ1) is 19.8. The molecule has 0 unspecified atom stereocenters. The number of H-pyrrole nitrogens is 1. The molecule has 1 aliphatic rings. The van der Waals surface area contributed by atoms with Crippen molar-refractivity contribution >= 4 is 11.0 Å². The van der Waals surface area contributed by atoms with Crippen LogP contribution in [0.25, 0.3) is 22.2 Å². The van der Waals surface area contributed by atoms with Crippen molar-refractivity contribution in [3.8, 4) is 11.1 Å². The van der Waals surface area contributed by atoms with Crippen molar-refractivity contribution in [3.05, 3.63) is 138 Å². The highest BCUT2D eigenvalue weighted by molar-refractivity contribution is 5.93. The summed E-state index contributed by atoms with van der Waals surface area (Å²) in [6, 6.07) is 14.7. The number of pyridine rings is 1. The molecule has 0 aliphatic carbocycles. The molecule has 7 heteroatoms. The van der Waals surface area contributed by atoms with Crippen LogP contribution in [0.5, 0.6) is 0 Å². The molecule has 0 spiro atoms. The molecule has 0 radical (unpaired) electrons. The summed E-state index contributed by atoms with van der Waals surface area (Å²) in [5.41, 5.74) is 8.58. The molecule has 0 fully saturated rings. The summed E-state index contributed by atoms with van der Waals surface area (Å²) in [6.45, 7) is 10.5. The van der Waals surface area contributed by atoms with Gasteiger partial charge in [-0.1, -0.05) is 31.4 Å². The van der Waals surface area contributed by atoms with Crippen LogP contribution in [-0.2, 0) is 19.5 Å². The molecule has 2 N–H and O–H groups in total. The second kappa shape index (κ2) is 12.4. The van der Waals surface area contributed by atoms with E-state index in [4.69, 9.17) is 0 Å². The van der Waals surface area contributed by atoms with E-state index in [1.54, 1.807) is 12.3 Å². The van der Waals surface area contributed by atoms with Crippen LogP contribution in [0.4, 0.5) is 8.78 Å². The molecule has 5 nitrogen and oxygen atoms in total. The molecule has 5 rings (SSSR count). The summed E-state index contributed by atoms with van der Waals surface area (Å²) >= 11 is 0. The highest BCUT2D eigenvalue weighted by Crippen LogP contribution is 2.30. The van der Waals surface area contributed by atoms with Crippen LogP contribution in [0.15, 0.2) is 109 Å². The van der Waals surface area contributed by atoms with Gasteiger partial charge in [0.15, 0.2) is 11.6 Å². The third-order valence-electron chi connectivity index (χ3n) is 7.24. The number of hydrogen-bond donors (Lipinski definition) is 2. The number of halogens is 2. The van der Waals surface area contributed by atoms with E-state index in [1.807, 2.05) is 35.5 Å². The maximum Gasteiger partial charge on any atom is 0.159 e. The van der Waals surface area contributed by atoms with Crippen LogP contribution in [0, 0.1) is 11.6 Å². The van der Waals surface area contributed by atoms with Gasteiger partial charge in [-0.3, -0.25) is 0 Å². The number of allylic oxidation sites excluding steroid dienone is 2. The van der Waals surface area contributed by atoms with E-state index in [0.717, 1.165) is 70.1 Å². The minimum atomic E-state index is -0.858. The van der Waals surface area contributed by atoms with Gasteiger partial charge in [0.25, 0.3) is 0 Å². The van der Waals surface area contributed by atoms with Gasteiger partial charge >= 0.3 is 0 Å². The Bertz CT molecular complexity index is 1650. The summed E-state index contributed by atoms with van der Waals surface area (Å²) in [5.74, 6) is -1.71. The maximum absolute atomic E-state index is 13.7. The van der Waals surface area contributed by atoms with Crippen molar-refractivity contribution in [1.29, 1.82) is 0 Å². The number of benzene rings is 2. The second-order valence-electron chi connectivity index (χ2n) is 10.6. The second-order valence-corrected chi connectivity index (χ2v) is 10.6. The van der Waals surface area contributed by atoms with Crippen molar-refractivity contribution < 1.29 is 8.78 Å². The Morgan fingerprint density at radius 3 is 2.68 bits per heavy atom. The van der Waals surface area contributed by atoms with E-state index in [-0.39, 0.29) is 0 Å². The van der Waals surface area contributed by atoms with Gasteiger partial charge in [-0.05, 0) is 98.2 Å². The van der Waals surface area contributed by atoms with E-state index < -0.39 is 11.6 Å². The fraction of sp³-hybridized carbons (Fsp3) is 0.206. The molecule has 0 bridgehead atoms. The topological polar surface area (TPSA) is 47.2 Å². The molecular formula is C34H35F2N5. The van der Waals surface area contributed by atoms with Crippen molar-refractivity contribution in [3.63, 3.8) is 0 Å². The van der Waals surface area contributed by atoms with Crippen molar-refractivity contribution in [2.24, 2.45) is 0 Å². The first-order valence-corrected chi connectivity index (χ1v) is 13.7. The number of aromatic nitrogens is 2. The predicted molar refractivity (Wildman–Crippen MR) is 163 cm³/mol. The lowest BCUT2D eigenvalue weighted by atomic mass is 9.97. The molecule has 0 amide bonds. The number of nitrogens with zero attached hydrogens (tertiary/aromatic N) is 3. The molecule has 210 valence electrons. The van der Waals surface area contributed by atoms with Crippen molar-refractivity contribution in [1.82, 2.24) is 25.1 Å². The van der Waals surface area contributed by atoms with Crippen molar-refractivity contribution in [2.75, 3.05) is 20.6 Å². The molecule has 2 aromatic heterocycles. The highest BCUT2D eigenvalue weighted by Gasteiger charge is 2.17. The average Bonchev–Trinajstić information content (AvgIpc) is 3.39. The van der Waals surface area contributed by atoms with Gasteiger partial charge in [-0.2, -0.15) is 0 Å². The minimum Gasteiger partial charge on any atom is -0.381 e. The standard InChI is InChI=1S/C34H35F2N5/c1-23(29-10-7-15-41(24(29)2)22-26-11-12-32(35)33(36)19-26)38-20-27-16-25(8-6-14-40(3)4)17-28(18-27)31-21-39-34-30(31)9-5-13-37-34/h5,7,9-13,15-19,21,38H,1-2,6,8,14,20,22H2,3-4H3,(H,37,39). The lowest BCUT2D eigenvalue weighted by Gasteiger charge is -2.28. The monoisotopic (exact) mass is 551 g/mol.